The van der Waals surface area contributed by atoms with Crippen LogP contribution in [0.4, 0.5) is 5.69 Å². The molecule has 2 rings (SSSR count). The van der Waals surface area contributed by atoms with Crippen LogP contribution in [-0.4, -0.2) is 50.5 Å². The van der Waals surface area contributed by atoms with Crippen molar-refractivity contribution in [2.75, 3.05) is 23.7 Å². The number of nitrogens with one attached hydrogen (secondary N) is 1. The number of anilines is 1. The molecule has 8 heteroatoms. The zero-order chi connectivity index (χ0) is 26.2. The minimum absolute atomic E-state index is 0.133. The summed E-state index contributed by atoms with van der Waals surface area (Å²) in [7, 11) is -3.52. The molecule has 0 fully saturated rings. The highest BCUT2D eigenvalue weighted by molar-refractivity contribution is 7.92. The number of hydrogen-bond acceptors (Lipinski definition) is 4. The molecule has 2 amide bonds. The van der Waals surface area contributed by atoms with E-state index < -0.39 is 16.1 Å². The molecule has 0 aliphatic heterocycles. The average molecular weight is 502 g/mol. The number of hydrogen-bond donors (Lipinski definition) is 1. The van der Waals surface area contributed by atoms with E-state index in [1.165, 1.54) is 10.6 Å². The Hall–Kier alpha value is -2.87. The lowest BCUT2D eigenvalue weighted by atomic mass is 10.1. The number of nitrogens with zero attached hydrogens (tertiary/aromatic N) is 2. The van der Waals surface area contributed by atoms with Crippen molar-refractivity contribution in [2.24, 2.45) is 0 Å². The van der Waals surface area contributed by atoms with Crippen LogP contribution in [0.15, 0.2) is 42.5 Å². The summed E-state index contributed by atoms with van der Waals surface area (Å²) in [5.41, 5.74) is 4.47. The van der Waals surface area contributed by atoms with Crippen LogP contribution in [-0.2, 0) is 26.2 Å². The van der Waals surface area contributed by atoms with Gasteiger partial charge in [-0.25, -0.2) is 8.42 Å². The Bertz CT molecular complexity index is 1130. The van der Waals surface area contributed by atoms with Crippen molar-refractivity contribution >= 4 is 27.5 Å². The molecule has 0 spiro atoms. The van der Waals surface area contributed by atoms with Crippen LogP contribution in [0.25, 0.3) is 0 Å². The Morgan fingerprint density at radius 3 is 2.34 bits per heavy atom. The molecular formula is C27H39N3O4S. The molecule has 1 atom stereocenters. The van der Waals surface area contributed by atoms with Gasteiger partial charge in [-0.05, 0) is 63.3 Å². The monoisotopic (exact) mass is 501 g/mol. The summed E-state index contributed by atoms with van der Waals surface area (Å²) in [4.78, 5) is 27.6. The molecule has 2 aromatic carbocycles. The summed E-state index contributed by atoms with van der Waals surface area (Å²) in [6.07, 6.45) is 2.46. The zero-order valence-electron chi connectivity index (χ0n) is 21.8. The Morgan fingerprint density at radius 1 is 1.03 bits per heavy atom. The first-order valence-corrected chi connectivity index (χ1v) is 14.0. The van der Waals surface area contributed by atoms with Crippen molar-refractivity contribution in [1.82, 2.24) is 10.2 Å². The fourth-order valence-corrected chi connectivity index (χ4v) is 4.97. The number of carbonyl (C=O) groups excluding carboxylic acids is 2. The van der Waals surface area contributed by atoms with E-state index >= 15 is 0 Å². The summed E-state index contributed by atoms with van der Waals surface area (Å²) in [6.45, 7) is 10.5. The summed E-state index contributed by atoms with van der Waals surface area (Å²) in [6, 6.07) is 12.9. The third-order valence-electron chi connectivity index (χ3n) is 5.94. The van der Waals surface area contributed by atoms with E-state index in [2.05, 4.69) is 5.32 Å². The van der Waals surface area contributed by atoms with Gasteiger partial charge in [0.05, 0.1) is 11.9 Å². The molecule has 0 saturated carbocycles. The molecule has 0 bridgehead atoms. The molecule has 7 nitrogen and oxygen atoms in total. The third kappa shape index (κ3) is 8.38. The highest BCUT2D eigenvalue weighted by Gasteiger charge is 2.26. The summed E-state index contributed by atoms with van der Waals surface area (Å²) < 4.78 is 26.5. The van der Waals surface area contributed by atoms with E-state index in [1.54, 1.807) is 11.8 Å². The summed E-state index contributed by atoms with van der Waals surface area (Å²) >= 11 is 0. The van der Waals surface area contributed by atoms with Crippen LogP contribution >= 0.6 is 0 Å². The second-order valence-corrected chi connectivity index (χ2v) is 11.1. The first kappa shape index (κ1) is 28.4. The molecule has 1 N–H and O–H groups in total. The van der Waals surface area contributed by atoms with Crippen LogP contribution in [0.5, 0.6) is 0 Å². The molecule has 1 unspecified atom stereocenters. The van der Waals surface area contributed by atoms with Gasteiger partial charge in [-0.2, -0.15) is 0 Å². The van der Waals surface area contributed by atoms with Crippen molar-refractivity contribution in [3.8, 4) is 0 Å². The maximum Gasteiger partial charge on any atom is 0.242 e. The molecule has 0 aliphatic rings. The smallest absolute Gasteiger partial charge is 0.242 e. The van der Waals surface area contributed by atoms with E-state index in [0.717, 1.165) is 28.7 Å². The topological polar surface area (TPSA) is 86.8 Å². The Morgan fingerprint density at radius 2 is 1.71 bits per heavy atom. The Labute approximate surface area is 210 Å². The van der Waals surface area contributed by atoms with E-state index in [0.29, 0.717) is 25.2 Å². The zero-order valence-corrected chi connectivity index (χ0v) is 22.6. The lowest BCUT2D eigenvalue weighted by molar-refractivity contribution is -0.140. The SMILES string of the molecule is CCCNC(=O)C(C)N(Cc1cccc(C)c1)C(=O)CCCN(c1cc(C)ccc1C)S(C)(=O)=O. The van der Waals surface area contributed by atoms with Crippen LogP contribution in [0, 0.1) is 20.8 Å². The second kappa shape index (κ2) is 12.7. The van der Waals surface area contributed by atoms with Gasteiger partial charge in [0.2, 0.25) is 21.8 Å². The van der Waals surface area contributed by atoms with E-state index in [9.17, 15) is 18.0 Å². The molecule has 2 aromatic rings. The predicted molar refractivity (Wildman–Crippen MR) is 142 cm³/mol. The maximum atomic E-state index is 13.3. The predicted octanol–water partition coefficient (Wildman–Crippen LogP) is 4.10. The first-order chi connectivity index (χ1) is 16.4. The number of carbonyl (C=O) groups is 2. The van der Waals surface area contributed by atoms with Gasteiger partial charge in [-0.3, -0.25) is 13.9 Å². The lowest BCUT2D eigenvalue weighted by Gasteiger charge is -2.29. The quantitative estimate of drug-likeness (QED) is 0.474. The average Bonchev–Trinajstić information content (AvgIpc) is 2.79. The van der Waals surface area contributed by atoms with Crippen molar-refractivity contribution < 1.29 is 18.0 Å². The summed E-state index contributed by atoms with van der Waals surface area (Å²) in [5.74, 6) is -0.374. The van der Waals surface area contributed by atoms with Gasteiger partial charge in [0, 0.05) is 26.1 Å². The molecular weight excluding hydrogens is 462 g/mol. The van der Waals surface area contributed by atoms with Gasteiger partial charge in [-0.15, -0.1) is 0 Å². The maximum absolute atomic E-state index is 13.3. The number of amides is 2. The molecule has 0 heterocycles. The van der Waals surface area contributed by atoms with Crippen LogP contribution in [0.1, 0.15) is 55.4 Å². The van der Waals surface area contributed by atoms with Gasteiger partial charge >= 0.3 is 0 Å². The molecule has 0 aliphatic carbocycles. The van der Waals surface area contributed by atoms with Gasteiger partial charge < -0.3 is 10.2 Å². The van der Waals surface area contributed by atoms with Gasteiger partial charge in [0.15, 0.2) is 0 Å². The molecule has 0 saturated heterocycles. The number of sulfonamides is 1. The third-order valence-corrected chi connectivity index (χ3v) is 7.12. The largest absolute Gasteiger partial charge is 0.354 e. The minimum Gasteiger partial charge on any atom is -0.354 e. The summed E-state index contributed by atoms with van der Waals surface area (Å²) in [5, 5.41) is 2.87. The minimum atomic E-state index is -3.52. The highest BCUT2D eigenvalue weighted by Crippen LogP contribution is 2.24. The van der Waals surface area contributed by atoms with Crippen molar-refractivity contribution in [3.05, 3.63) is 64.7 Å². The normalized spacial score (nSPS) is 12.2. The Kier molecular flexibility index (Phi) is 10.3. The molecule has 0 aromatic heterocycles. The van der Waals surface area contributed by atoms with E-state index in [4.69, 9.17) is 0 Å². The van der Waals surface area contributed by atoms with Crippen molar-refractivity contribution in [1.29, 1.82) is 0 Å². The fourth-order valence-electron chi connectivity index (χ4n) is 3.96. The Balaban J connectivity index is 2.19. The van der Waals surface area contributed by atoms with E-state index in [1.807, 2.05) is 70.2 Å². The van der Waals surface area contributed by atoms with Crippen LogP contribution < -0.4 is 9.62 Å². The van der Waals surface area contributed by atoms with Crippen molar-refractivity contribution in [2.45, 2.75) is 66.5 Å². The lowest BCUT2D eigenvalue weighted by Crippen LogP contribution is -2.47. The molecule has 192 valence electrons. The standard InChI is InChI=1S/C27H39N3O4S/c1-7-15-28-27(32)23(5)29(19-24-11-8-10-20(2)17-24)26(31)12-9-16-30(35(6,33)34)25-18-21(3)13-14-22(25)4/h8,10-11,13-14,17-18,23H,7,9,12,15-16,19H2,1-6H3,(H,28,32). The van der Waals surface area contributed by atoms with Gasteiger partial charge in [-0.1, -0.05) is 48.9 Å². The van der Waals surface area contributed by atoms with Crippen LogP contribution in [0.2, 0.25) is 0 Å². The van der Waals surface area contributed by atoms with Crippen molar-refractivity contribution in [3.63, 3.8) is 0 Å². The number of benzene rings is 2. The molecule has 0 radical (unpaired) electrons. The first-order valence-electron chi connectivity index (χ1n) is 12.1. The number of aryl methyl sites for hydroxylation is 3. The molecule has 35 heavy (non-hydrogen) atoms. The highest BCUT2D eigenvalue weighted by atomic mass is 32.2. The van der Waals surface area contributed by atoms with E-state index in [-0.39, 0.29) is 24.8 Å². The van der Waals surface area contributed by atoms with Crippen LogP contribution in [0.3, 0.4) is 0 Å². The second-order valence-electron chi connectivity index (χ2n) is 9.21. The van der Waals surface area contributed by atoms with Gasteiger partial charge in [0.1, 0.15) is 6.04 Å². The fraction of sp³-hybridized carbons (Fsp3) is 0.481. The number of rotatable bonds is 12. The van der Waals surface area contributed by atoms with Gasteiger partial charge in [0.25, 0.3) is 0 Å².